The highest BCUT2D eigenvalue weighted by molar-refractivity contribution is 6.00. The minimum Gasteiger partial charge on any atom is -0.491 e. The van der Waals surface area contributed by atoms with E-state index in [9.17, 15) is 24.0 Å². The van der Waals surface area contributed by atoms with Crippen molar-refractivity contribution >= 4 is 29.5 Å². The molecule has 12 nitrogen and oxygen atoms in total. The molecule has 2 heterocycles. The van der Waals surface area contributed by atoms with Crippen LogP contribution in [0, 0.1) is 0 Å². The Kier molecular flexibility index (Phi) is 11.9. The van der Waals surface area contributed by atoms with E-state index in [-0.39, 0.29) is 43.8 Å². The maximum absolute atomic E-state index is 13.8. The standard InChI is InChI=1S/C33H44N6O6/c1-3-38-17-19-39(20-18-38)33(44)27-14-16-30(41)35-26(13-15-29(34)40)32(43)37(2)24(21-23-9-5-4-6-10-23)22-45-28-12-8-7-11-25(28)31(42)36-27/h4-12,24,26-27H,3,13-22H2,1-2H3,(H2,34,40)(H,35,41)(H,36,42)/t24-,26+,27+/m1/s1. The molecule has 5 amide bonds. The van der Waals surface area contributed by atoms with Crippen molar-refractivity contribution in [3.8, 4) is 5.75 Å². The van der Waals surface area contributed by atoms with Gasteiger partial charge in [0, 0.05) is 46.1 Å². The van der Waals surface area contributed by atoms with Crippen molar-refractivity contribution in [1.29, 1.82) is 0 Å². The first kappa shape index (κ1) is 33.4. The van der Waals surface area contributed by atoms with Crippen molar-refractivity contribution in [2.45, 2.75) is 57.2 Å². The van der Waals surface area contributed by atoms with Gasteiger partial charge in [-0.15, -0.1) is 0 Å². The second kappa shape index (κ2) is 16.0. The summed E-state index contributed by atoms with van der Waals surface area (Å²) >= 11 is 0. The van der Waals surface area contributed by atoms with E-state index in [0.29, 0.717) is 25.3 Å². The summed E-state index contributed by atoms with van der Waals surface area (Å²) in [6, 6.07) is 13.9. The molecule has 0 aliphatic carbocycles. The number of fused-ring (bicyclic) bond motifs is 1. The van der Waals surface area contributed by atoms with E-state index in [1.165, 1.54) is 4.90 Å². The van der Waals surface area contributed by atoms with E-state index in [1.54, 1.807) is 36.2 Å². The molecule has 12 heteroatoms. The monoisotopic (exact) mass is 620 g/mol. The number of amides is 5. The summed E-state index contributed by atoms with van der Waals surface area (Å²) in [4.78, 5) is 71.5. The van der Waals surface area contributed by atoms with Crippen LogP contribution in [-0.4, -0.2) is 109 Å². The normalized spacial score (nSPS) is 22.3. The fraction of sp³-hybridized carbons (Fsp3) is 0.485. The number of para-hydroxylation sites is 1. The fourth-order valence-electron chi connectivity index (χ4n) is 5.67. The third-order valence-electron chi connectivity index (χ3n) is 8.48. The average Bonchev–Trinajstić information content (AvgIpc) is 3.06. The minimum absolute atomic E-state index is 0.0206. The summed E-state index contributed by atoms with van der Waals surface area (Å²) in [6.07, 6.45) is 0.263. The number of likely N-dealkylation sites (N-methyl/N-ethyl adjacent to an activating group) is 2. The van der Waals surface area contributed by atoms with E-state index in [1.807, 2.05) is 30.3 Å². The van der Waals surface area contributed by atoms with Crippen LogP contribution in [0.25, 0.3) is 0 Å². The molecule has 2 aliphatic rings. The summed E-state index contributed by atoms with van der Waals surface area (Å²) in [6.45, 7) is 5.48. The molecule has 2 aromatic rings. The molecule has 1 fully saturated rings. The van der Waals surface area contributed by atoms with Crippen molar-refractivity contribution in [3.63, 3.8) is 0 Å². The number of nitrogens with one attached hydrogen (secondary N) is 2. The van der Waals surface area contributed by atoms with Crippen LogP contribution in [0.1, 0.15) is 48.5 Å². The van der Waals surface area contributed by atoms with Crippen molar-refractivity contribution in [1.82, 2.24) is 25.3 Å². The average molecular weight is 621 g/mol. The Labute approximate surface area is 264 Å². The zero-order chi connectivity index (χ0) is 32.3. The van der Waals surface area contributed by atoms with Gasteiger partial charge >= 0.3 is 0 Å². The number of rotatable bonds is 7. The maximum atomic E-state index is 13.8. The molecule has 2 aliphatic heterocycles. The molecular formula is C33H44N6O6. The van der Waals surface area contributed by atoms with Gasteiger partial charge < -0.3 is 35.8 Å². The van der Waals surface area contributed by atoms with E-state index < -0.39 is 41.8 Å². The molecule has 0 bridgehead atoms. The molecule has 1 saturated heterocycles. The number of carbonyl (C=O) groups is 5. The number of piperazine rings is 1. The third kappa shape index (κ3) is 9.27. The van der Waals surface area contributed by atoms with E-state index >= 15 is 0 Å². The van der Waals surface area contributed by atoms with Gasteiger partial charge in [0.05, 0.1) is 11.6 Å². The van der Waals surface area contributed by atoms with Gasteiger partial charge in [-0.3, -0.25) is 24.0 Å². The highest BCUT2D eigenvalue weighted by Crippen LogP contribution is 2.21. The molecule has 0 spiro atoms. The van der Waals surface area contributed by atoms with Gasteiger partial charge in [0.15, 0.2) is 0 Å². The Bertz CT molecular complexity index is 1350. The lowest BCUT2D eigenvalue weighted by Gasteiger charge is -2.36. The first-order valence-corrected chi connectivity index (χ1v) is 15.6. The third-order valence-corrected chi connectivity index (χ3v) is 8.48. The van der Waals surface area contributed by atoms with Gasteiger partial charge in [0.2, 0.25) is 23.6 Å². The zero-order valence-corrected chi connectivity index (χ0v) is 26.1. The molecule has 2 aromatic carbocycles. The fourth-order valence-corrected chi connectivity index (χ4v) is 5.67. The number of hydrogen-bond donors (Lipinski definition) is 3. The molecule has 3 atom stereocenters. The Morgan fingerprint density at radius 2 is 1.64 bits per heavy atom. The predicted octanol–water partition coefficient (Wildman–Crippen LogP) is 0.942. The van der Waals surface area contributed by atoms with Crippen LogP contribution < -0.4 is 21.1 Å². The number of carbonyl (C=O) groups excluding carboxylic acids is 5. The number of primary amides is 1. The first-order chi connectivity index (χ1) is 21.7. The van der Waals surface area contributed by atoms with Crippen LogP contribution in [0.3, 0.4) is 0 Å². The van der Waals surface area contributed by atoms with Crippen molar-refractivity contribution in [3.05, 3.63) is 65.7 Å². The molecule has 0 radical (unpaired) electrons. The van der Waals surface area contributed by atoms with E-state index in [0.717, 1.165) is 25.2 Å². The molecule has 4 rings (SSSR count). The lowest BCUT2D eigenvalue weighted by molar-refractivity contribution is -0.138. The van der Waals surface area contributed by atoms with Crippen molar-refractivity contribution < 1.29 is 28.7 Å². The highest BCUT2D eigenvalue weighted by atomic mass is 16.5. The minimum atomic E-state index is -1.02. The molecule has 0 saturated carbocycles. The number of hydrogen-bond acceptors (Lipinski definition) is 7. The topological polar surface area (TPSA) is 154 Å². The summed E-state index contributed by atoms with van der Waals surface area (Å²) in [5, 5.41) is 5.63. The van der Waals surface area contributed by atoms with Gasteiger partial charge in [0.1, 0.15) is 24.4 Å². The Balaban J connectivity index is 1.65. The maximum Gasteiger partial charge on any atom is 0.255 e. The number of benzene rings is 2. The molecule has 0 unspecified atom stereocenters. The second-order valence-electron chi connectivity index (χ2n) is 11.5. The van der Waals surface area contributed by atoms with Crippen molar-refractivity contribution in [2.75, 3.05) is 46.4 Å². The molecule has 242 valence electrons. The van der Waals surface area contributed by atoms with Gasteiger partial charge in [-0.25, -0.2) is 0 Å². The van der Waals surface area contributed by atoms with Crippen molar-refractivity contribution in [2.24, 2.45) is 5.73 Å². The lowest BCUT2D eigenvalue weighted by atomic mass is 10.0. The SMILES string of the molecule is CCN1CCN(C(=O)[C@@H]2CCC(=O)N[C@@H](CCC(N)=O)C(=O)N(C)[C@H](Cc3ccccc3)COc3ccccc3C(=O)N2)CC1. The Morgan fingerprint density at radius 3 is 2.33 bits per heavy atom. The molecule has 4 N–H and O–H groups in total. The number of nitrogens with two attached hydrogens (primary N) is 1. The Morgan fingerprint density at radius 1 is 0.956 bits per heavy atom. The van der Waals surface area contributed by atoms with Crippen LogP contribution in [0.4, 0.5) is 0 Å². The molecular weight excluding hydrogens is 576 g/mol. The first-order valence-electron chi connectivity index (χ1n) is 15.6. The van der Waals surface area contributed by atoms with Crippen LogP contribution in [0.15, 0.2) is 54.6 Å². The lowest BCUT2D eigenvalue weighted by Crippen LogP contribution is -2.55. The predicted molar refractivity (Wildman–Crippen MR) is 168 cm³/mol. The smallest absolute Gasteiger partial charge is 0.255 e. The van der Waals surface area contributed by atoms with Gasteiger partial charge in [-0.05, 0) is 43.5 Å². The van der Waals surface area contributed by atoms with Crippen LogP contribution in [0.5, 0.6) is 5.75 Å². The van der Waals surface area contributed by atoms with Gasteiger partial charge in [-0.1, -0.05) is 49.4 Å². The number of ether oxygens (including phenoxy) is 1. The van der Waals surface area contributed by atoms with Crippen LogP contribution in [-0.2, 0) is 25.6 Å². The second-order valence-corrected chi connectivity index (χ2v) is 11.5. The summed E-state index contributed by atoms with van der Waals surface area (Å²) < 4.78 is 6.21. The highest BCUT2D eigenvalue weighted by Gasteiger charge is 2.33. The largest absolute Gasteiger partial charge is 0.491 e. The van der Waals surface area contributed by atoms with E-state index in [2.05, 4.69) is 22.5 Å². The molecule has 45 heavy (non-hydrogen) atoms. The van der Waals surface area contributed by atoms with E-state index in [4.69, 9.17) is 10.5 Å². The molecule has 0 aromatic heterocycles. The Hall–Kier alpha value is -4.45. The van der Waals surface area contributed by atoms with Gasteiger partial charge in [-0.2, -0.15) is 0 Å². The van der Waals surface area contributed by atoms with Crippen LogP contribution >= 0.6 is 0 Å². The quantitative estimate of drug-likeness (QED) is 0.416. The summed E-state index contributed by atoms with van der Waals surface area (Å²) in [5.74, 6) is -1.90. The zero-order valence-electron chi connectivity index (χ0n) is 26.1. The van der Waals surface area contributed by atoms with Gasteiger partial charge in [0.25, 0.3) is 5.91 Å². The summed E-state index contributed by atoms with van der Waals surface area (Å²) in [7, 11) is 1.63. The number of nitrogens with zero attached hydrogens (tertiary/aromatic N) is 3. The van der Waals surface area contributed by atoms with Crippen LogP contribution in [0.2, 0.25) is 0 Å². The summed E-state index contributed by atoms with van der Waals surface area (Å²) in [5.41, 5.74) is 6.61.